The van der Waals surface area contributed by atoms with Gasteiger partial charge in [0.25, 0.3) is 0 Å². The first kappa shape index (κ1) is 14.5. The van der Waals surface area contributed by atoms with Crippen molar-refractivity contribution in [3.63, 3.8) is 0 Å². The molecule has 1 aromatic heterocycles. The highest BCUT2D eigenvalue weighted by Crippen LogP contribution is 2.22. The zero-order chi connectivity index (χ0) is 14.4. The van der Waals surface area contributed by atoms with Gasteiger partial charge in [-0.15, -0.1) is 0 Å². The van der Waals surface area contributed by atoms with Crippen LogP contribution in [0.25, 0.3) is 0 Å². The predicted molar refractivity (Wildman–Crippen MR) is 80.0 cm³/mol. The van der Waals surface area contributed by atoms with E-state index in [0.29, 0.717) is 6.01 Å². The van der Waals surface area contributed by atoms with Gasteiger partial charge in [0.05, 0.1) is 0 Å². The molecule has 0 aliphatic heterocycles. The van der Waals surface area contributed by atoms with Crippen LogP contribution in [-0.2, 0) is 6.54 Å². The molecule has 1 N–H and O–H groups in total. The number of benzene rings is 1. The zero-order valence-corrected chi connectivity index (χ0v) is 12.3. The predicted octanol–water partition coefficient (Wildman–Crippen LogP) is 3.39. The molecule has 0 radical (unpaired) electrons. The summed E-state index contributed by atoms with van der Waals surface area (Å²) in [6.45, 7) is 7.93. The van der Waals surface area contributed by atoms with Crippen molar-refractivity contribution in [1.82, 2.24) is 15.3 Å². The van der Waals surface area contributed by atoms with Gasteiger partial charge in [-0.3, -0.25) is 0 Å². The summed E-state index contributed by atoms with van der Waals surface area (Å²) >= 11 is 0. The lowest BCUT2D eigenvalue weighted by atomic mass is 10.2. The van der Waals surface area contributed by atoms with Gasteiger partial charge in [-0.2, -0.15) is 4.98 Å². The largest absolute Gasteiger partial charge is 0.424 e. The molecular weight excluding hydrogens is 250 g/mol. The number of ether oxygens (including phenoxy) is 1. The third-order valence-corrected chi connectivity index (χ3v) is 3.10. The van der Waals surface area contributed by atoms with Gasteiger partial charge < -0.3 is 10.1 Å². The van der Waals surface area contributed by atoms with Gasteiger partial charge in [0.15, 0.2) is 0 Å². The number of aryl methyl sites for hydroxylation is 2. The van der Waals surface area contributed by atoms with Crippen LogP contribution in [0.15, 0.2) is 30.5 Å². The van der Waals surface area contributed by atoms with E-state index < -0.39 is 0 Å². The summed E-state index contributed by atoms with van der Waals surface area (Å²) < 4.78 is 5.73. The van der Waals surface area contributed by atoms with E-state index in [2.05, 4.69) is 22.2 Å². The molecule has 106 valence electrons. The van der Waals surface area contributed by atoms with Crippen molar-refractivity contribution >= 4 is 0 Å². The van der Waals surface area contributed by atoms with Crippen molar-refractivity contribution in [3.8, 4) is 11.8 Å². The van der Waals surface area contributed by atoms with Crippen LogP contribution in [0.5, 0.6) is 11.8 Å². The molecule has 0 atom stereocenters. The van der Waals surface area contributed by atoms with Crippen molar-refractivity contribution in [3.05, 3.63) is 47.3 Å². The van der Waals surface area contributed by atoms with Crippen LogP contribution >= 0.6 is 0 Å². The topological polar surface area (TPSA) is 47.0 Å². The minimum absolute atomic E-state index is 0.399. The molecule has 0 saturated carbocycles. The van der Waals surface area contributed by atoms with Gasteiger partial charge >= 0.3 is 6.01 Å². The van der Waals surface area contributed by atoms with Crippen LogP contribution in [0.4, 0.5) is 0 Å². The molecule has 0 fully saturated rings. The summed E-state index contributed by atoms with van der Waals surface area (Å²) in [4.78, 5) is 8.70. The quantitative estimate of drug-likeness (QED) is 0.818. The first-order valence-corrected chi connectivity index (χ1v) is 6.97. The zero-order valence-electron chi connectivity index (χ0n) is 12.3. The van der Waals surface area contributed by atoms with E-state index in [1.807, 2.05) is 44.3 Å². The minimum Gasteiger partial charge on any atom is -0.424 e. The Morgan fingerprint density at radius 2 is 2.00 bits per heavy atom. The van der Waals surface area contributed by atoms with Crippen molar-refractivity contribution in [2.24, 2.45) is 0 Å². The molecule has 20 heavy (non-hydrogen) atoms. The van der Waals surface area contributed by atoms with E-state index in [4.69, 9.17) is 4.74 Å². The SMILES string of the molecule is CCCNCc1cnc(Oc2ccccc2C)nc1C. The van der Waals surface area contributed by atoms with E-state index >= 15 is 0 Å². The van der Waals surface area contributed by atoms with Gasteiger partial charge in [0.2, 0.25) is 0 Å². The average molecular weight is 271 g/mol. The fraction of sp³-hybridized carbons (Fsp3) is 0.375. The fourth-order valence-electron chi connectivity index (χ4n) is 1.86. The highest BCUT2D eigenvalue weighted by atomic mass is 16.5. The van der Waals surface area contributed by atoms with E-state index in [1.54, 1.807) is 0 Å². The first-order valence-electron chi connectivity index (χ1n) is 6.97. The van der Waals surface area contributed by atoms with Gasteiger partial charge in [-0.1, -0.05) is 25.1 Å². The lowest BCUT2D eigenvalue weighted by Crippen LogP contribution is -2.15. The number of para-hydroxylation sites is 1. The molecule has 0 aliphatic rings. The second kappa shape index (κ2) is 7.01. The Morgan fingerprint density at radius 3 is 2.70 bits per heavy atom. The van der Waals surface area contributed by atoms with Crippen LogP contribution in [0.2, 0.25) is 0 Å². The summed E-state index contributed by atoms with van der Waals surface area (Å²) in [5.74, 6) is 0.795. The highest BCUT2D eigenvalue weighted by molar-refractivity contribution is 5.34. The van der Waals surface area contributed by atoms with Crippen LogP contribution in [0.1, 0.15) is 30.2 Å². The fourth-order valence-corrected chi connectivity index (χ4v) is 1.86. The Balaban J connectivity index is 2.07. The van der Waals surface area contributed by atoms with E-state index in [-0.39, 0.29) is 0 Å². The second-order valence-corrected chi connectivity index (χ2v) is 4.81. The Bertz CT molecular complexity index is 569. The molecule has 2 rings (SSSR count). The number of hydrogen-bond donors (Lipinski definition) is 1. The molecule has 0 saturated heterocycles. The lowest BCUT2D eigenvalue weighted by molar-refractivity contribution is 0.436. The molecule has 2 aromatic rings. The molecule has 1 aromatic carbocycles. The maximum absolute atomic E-state index is 5.73. The number of rotatable bonds is 6. The van der Waals surface area contributed by atoms with Gasteiger partial charge in [-0.05, 0) is 38.4 Å². The standard InChI is InChI=1S/C16H21N3O/c1-4-9-17-10-14-11-18-16(19-13(14)3)20-15-8-6-5-7-12(15)2/h5-8,11,17H,4,9-10H2,1-3H3. The monoisotopic (exact) mass is 271 g/mol. The Kier molecular flexibility index (Phi) is 5.07. The minimum atomic E-state index is 0.399. The van der Waals surface area contributed by atoms with Gasteiger partial charge in [0.1, 0.15) is 5.75 Å². The normalized spacial score (nSPS) is 10.6. The van der Waals surface area contributed by atoms with Crippen molar-refractivity contribution in [2.45, 2.75) is 33.7 Å². The molecule has 0 amide bonds. The van der Waals surface area contributed by atoms with E-state index in [0.717, 1.165) is 42.1 Å². The number of hydrogen-bond acceptors (Lipinski definition) is 4. The molecule has 1 heterocycles. The number of nitrogens with one attached hydrogen (secondary N) is 1. The summed E-state index contributed by atoms with van der Waals surface area (Å²) in [5.41, 5.74) is 3.13. The summed E-state index contributed by atoms with van der Waals surface area (Å²) in [5, 5.41) is 3.35. The van der Waals surface area contributed by atoms with Crippen LogP contribution in [-0.4, -0.2) is 16.5 Å². The average Bonchev–Trinajstić information content (AvgIpc) is 2.44. The summed E-state index contributed by atoms with van der Waals surface area (Å²) in [7, 11) is 0. The molecule has 4 nitrogen and oxygen atoms in total. The molecule has 0 spiro atoms. The summed E-state index contributed by atoms with van der Waals surface area (Å²) in [6.07, 6.45) is 2.95. The second-order valence-electron chi connectivity index (χ2n) is 4.81. The van der Waals surface area contributed by atoms with E-state index in [9.17, 15) is 0 Å². The van der Waals surface area contributed by atoms with Crippen LogP contribution < -0.4 is 10.1 Å². The van der Waals surface area contributed by atoms with Crippen molar-refractivity contribution in [2.75, 3.05) is 6.54 Å². The molecule has 4 heteroatoms. The van der Waals surface area contributed by atoms with Crippen LogP contribution in [0, 0.1) is 13.8 Å². The molecule has 0 unspecified atom stereocenters. The third-order valence-electron chi connectivity index (χ3n) is 3.10. The maximum atomic E-state index is 5.73. The lowest BCUT2D eigenvalue weighted by Gasteiger charge is -2.09. The van der Waals surface area contributed by atoms with Crippen molar-refractivity contribution in [1.29, 1.82) is 0 Å². The van der Waals surface area contributed by atoms with Gasteiger partial charge in [0, 0.05) is 24.0 Å². The Morgan fingerprint density at radius 1 is 1.20 bits per heavy atom. The highest BCUT2D eigenvalue weighted by Gasteiger charge is 2.06. The van der Waals surface area contributed by atoms with Crippen molar-refractivity contribution < 1.29 is 4.74 Å². The van der Waals surface area contributed by atoms with Gasteiger partial charge in [-0.25, -0.2) is 4.98 Å². The molecule has 0 aliphatic carbocycles. The number of nitrogens with zero attached hydrogens (tertiary/aromatic N) is 2. The molecular formula is C16H21N3O. The summed E-state index contributed by atoms with van der Waals surface area (Å²) in [6, 6.07) is 8.25. The van der Waals surface area contributed by atoms with E-state index in [1.165, 1.54) is 0 Å². The molecule has 0 bridgehead atoms. The smallest absolute Gasteiger partial charge is 0.322 e. The Hall–Kier alpha value is -1.94. The van der Waals surface area contributed by atoms with Crippen LogP contribution in [0.3, 0.4) is 0 Å². The third kappa shape index (κ3) is 3.78. The first-order chi connectivity index (χ1) is 9.70. The number of aromatic nitrogens is 2. The maximum Gasteiger partial charge on any atom is 0.322 e. The Labute approximate surface area is 120 Å².